The summed E-state index contributed by atoms with van der Waals surface area (Å²) in [5.74, 6) is 0. The van der Waals surface area contributed by atoms with E-state index in [1.807, 2.05) is 27.7 Å². The molecule has 0 saturated heterocycles. The van der Waals surface area contributed by atoms with Crippen LogP contribution in [0.25, 0.3) is 11.1 Å². The van der Waals surface area contributed by atoms with Crippen LogP contribution in [0.5, 0.6) is 0 Å². The lowest BCUT2D eigenvalue weighted by Crippen LogP contribution is -2.15. The minimum Gasteiger partial charge on any atom is -0.298 e. The van der Waals surface area contributed by atoms with Crippen molar-refractivity contribution in [2.24, 2.45) is 0 Å². The van der Waals surface area contributed by atoms with Crippen molar-refractivity contribution in [2.75, 3.05) is 7.05 Å². The Balaban J connectivity index is 0.000000461. The molecule has 0 saturated carbocycles. The summed E-state index contributed by atoms with van der Waals surface area (Å²) in [5, 5.41) is 0. The molecule has 2 aromatic carbocycles. The number of fused-ring (bicyclic) bond motifs is 3. The molecule has 108 valence electrons. The number of nitrogens with zero attached hydrogens (tertiary/aromatic N) is 1. The van der Waals surface area contributed by atoms with E-state index in [0.29, 0.717) is 0 Å². The molecule has 3 rings (SSSR count). The third-order valence-electron chi connectivity index (χ3n) is 3.21. The molecular formula is C19H27N. The second kappa shape index (κ2) is 8.55. The maximum Gasteiger partial charge on any atom is 0.0240 e. The van der Waals surface area contributed by atoms with Gasteiger partial charge in [0.2, 0.25) is 0 Å². The minimum absolute atomic E-state index is 1.03. The summed E-state index contributed by atoms with van der Waals surface area (Å²) in [6.45, 7) is 10.1. The van der Waals surface area contributed by atoms with Crippen LogP contribution in [0, 0.1) is 0 Å². The molecule has 1 heteroatoms. The maximum absolute atomic E-state index is 2.37. The first-order chi connectivity index (χ1) is 9.84. The van der Waals surface area contributed by atoms with Crippen molar-refractivity contribution in [1.82, 2.24) is 4.90 Å². The highest BCUT2D eigenvalue weighted by Gasteiger charge is 2.15. The summed E-state index contributed by atoms with van der Waals surface area (Å²) in [5.41, 5.74) is 5.63. The molecule has 0 unspecified atom stereocenters. The molecule has 1 aliphatic rings. The predicted molar refractivity (Wildman–Crippen MR) is 89.7 cm³/mol. The van der Waals surface area contributed by atoms with Gasteiger partial charge in [-0.15, -0.1) is 0 Å². The average Bonchev–Trinajstić information content (AvgIpc) is 2.66. The van der Waals surface area contributed by atoms with Crippen molar-refractivity contribution >= 4 is 0 Å². The zero-order valence-corrected chi connectivity index (χ0v) is 13.5. The van der Waals surface area contributed by atoms with Crippen molar-refractivity contribution in [1.29, 1.82) is 0 Å². The zero-order valence-electron chi connectivity index (χ0n) is 13.5. The van der Waals surface area contributed by atoms with E-state index in [0.717, 1.165) is 13.1 Å². The second-order valence-corrected chi connectivity index (χ2v) is 4.49. The predicted octanol–water partition coefficient (Wildman–Crippen LogP) is 5.35. The Hall–Kier alpha value is -1.60. The van der Waals surface area contributed by atoms with Crippen LogP contribution < -0.4 is 0 Å². The standard InChI is InChI=1S/C15H15N.2C2H6/c1-16-10-12-6-2-4-8-14(12)15-9-5-3-7-13(15)11-16;2*1-2/h2-9H,10-11H2,1H3;2*1-2H3. The molecule has 0 fully saturated rings. The molecule has 0 aromatic heterocycles. The molecule has 20 heavy (non-hydrogen) atoms. The Kier molecular flexibility index (Phi) is 7.03. The molecule has 0 N–H and O–H groups in total. The van der Waals surface area contributed by atoms with Gasteiger partial charge < -0.3 is 0 Å². The van der Waals surface area contributed by atoms with Gasteiger partial charge in [-0.1, -0.05) is 76.2 Å². The summed E-state index contributed by atoms with van der Waals surface area (Å²) < 4.78 is 0. The molecule has 0 radical (unpaired) electrons. The lowest BCUT2D eigenvalue weighted by molar-refractivity contribution is 0.323. The monoisotopic (exact) mass is 269 g/mol. The van der Waals surface area contributed by atoms with Crippen molar-refractivity contribution in [3.05, 3.63) is 59.7 Å². The van der Waals surface area contributed by atoms with E-state index in [4.69, 9.17) is 0 Å². The fraction of sp³-hybridized carbons (Fsp3) is 0.368. The fourth-order valence-electron chi connectivity index (χ4n) is 2.48. The molecule has 0 amide bonds. The minimum atomic E-state index is 1.03. The molecule has 0 aliphatic carbocycles. The lowest BCUT2D eigenvalue weighted by Gasteiger charge is -2.13. The van der Waals surface area contributed by atoms with Gasteiger partial charge in [-0.3, -0.25) is 4.90 Å². The average molecular weight is 269 g/mol. The van der Waals surface area contributed by atoms with Gasteiger partial charge in [-0.05, 0) is 29.3 Å². The molecular weight excluding hydrogens is 242 g/mol. The Morgan fingerprint density at radius 1 is 0.650 bits per heavy atom. The zero-order chi connectivity index (χ0) is 15.0. The lowest BCUT2D eigenvalue weighted by atomic mass is 9.97. The Bertz CT molecular complexity index is 469. The van der Waals surface area contributed by atoms with Crippen LogP contribution in [-0.4, -0.2) is 11.9 Å². The largest absolute Gasteiger partial charge is 0.298 e. The van der Waals surface area contributed by atoms with E-state index in [2.05, 4.69) is 60.5 Å². The van der Waals surface area contributed by atoms with E-state index in [9.17, 15) is 0 Å². The normalized spacial score (nSPS) is 12.7. The Morgan fingerprint density at radius 3 is 1.40 bits per heavy atom. The van der Waals surface area contributed by atoms with Crippen molar-refractivity contribution in [3.63, 3.8) is 0 Å². The van der Waals surface area contributed by atoms with Crippen LogP contribution in [0.4, 0.5) is 0 Å². The first-order valence-corrected chi connectivity index (χ1v) is 7.69. The number of benzene rings is 2. The van der Waals surface area contributed by atoms with E-state index < -0.39 is 0 Å². The van der Waals surface area contributed by atoms with Crippen LogP contribution in [0.2, 0.25) is 0 Å². The molecule has 0 bridgehead atoms. The van der Waals surface area contributed by atoms with E-state index in [1.165, 1.54) is 22.3 Å². The van der Waals surface area contributed by atoms with Crippen LogP contribution in [0.3, 0.4) is 0 Å². The number of rotatable bonds is 0. The SMILES string of the molecule is CC.CC.CN1Cc2ccccc2-c2ccccc2C1. The van der Waals surface area contributed by atoms with Gasteiger partial charge in [-0.2, -0.15) is 0 Å². The highest BCUT2D eigenvalue weighted by atomic mass is 15.1. The maximum atomic E-state index is 2.37. The second-order valence-electron chi connectivity index (χ2n) is 4.49. The van der Waals surface area contributed by atoms with Crippen molar-refractivity contribution < 1.29 is 0 Å². The highest BCUT2D eigenvalue weighted by molar-refractivity contribution is 5.71. The number of hydrogen-bond acceptors (Lipinski definition) is 1. The molecule has 1 aliphatic heterocycles. The first kappa shape index (κ1) is 16.5. The van der Waals surface area contributed by atoms with E-state index in [1.54, 1.807) is 0 Å². The molecule has 0 atom stereocenters. The van der Waals surface area contributed by atoms with Crippen molar-refractivity contribution in [3.8, 4) is 11.1 Å². The molecule has 2 aromatic rings. The van der Waals surface area contributed by atoms with Crippen molar-refractivity contribution in [2.45, 2.75) is 40.8 Å². The summed E-state index contributed by atoms with van der Waals surface area (Å²) in [4.78, 5) is 2.37. The quantitative estimate of drug-likeness (QED) is 0.623. The van der Waals surface area contributed by atoms with Gasteiger partial charge in [0, 0.05) is 13.1 Å². The third kappa shape index (κ3) is 3.71. The van der Waals surface area contributed by atoms with Crippen LogP contribution in [0.15, 0.2) is 48.5 Å². The van der Waals surface area contributed by atoms with Gasteiger partial charge in [0.25, 0.3) is 0 Å². The summed E-state index contributed by atoms with van der Waals surface area (Å²) in [7, 11) is 2.18. The summed E-state index contributed by atoms with van der Waals surface area (Å²) in [6, 6.07) is 17.4. The van der Waals surface area contributed by atoms with Crippen LogP contribution in [0.1, 0.15) is 38.8 Å². The molecule has 1 nitrogen and oxygen atoms in total. The summed E-state index contributed by atoms with van der Waals surface area (Å²) in [6.07, 6.45) is 0. The van der Waals surface area contributed by atoms with Gasteiger partial charge in [-0.25, -0.2) is 0 Å². The smallest absolute Gasteiger partial charge is 0.0240 e. The van der Waals surface area contributed by atoms with Gasteiger partial charge >= 0.3 is 0 Å². The Labute approximate surface area is 124 Å². The first-order valence-electron chi connectivity index (χ1n) is 7.69. The van der Waals surface area contributed by atoms with E-state index >= 15 is 0 Å². The highest BCUT2D eigenvalue weighted by Crippen LogP contribution is 2.31. The Morgan fingerprint density at radius 2 is 1.00 bits per heavy atom. The topological polar surface area (TPSA) is 3.24 Å². The number of hydrogen-bond donors (Lipinski definition) is 0. The molecule has 0 spiro atoms. The summed E-state index contributed by atoms with van der Waals surface area (Å²) >= 11 is 0. The van der Waals surface area contributed by atoms with Crippen LogP contribution in [-0.2, 0) is 13.1 Å². The third-order valence-corrected chi connectivity index (χ3v) is 3.21. The van der Waals surface area contributed by atoms with Gasteiger partial charge in [0.05, 0.1) is 0 Å². The van der Waals surface area contributed by atoms with Crippen LogP contribution >= 0.6 is 0 Å². The molecule has 1 heterocycles. The van der Waals surface area contributed by atoms with E-state index in [-0.39, 0.29) is 0 Å². The van der Waals surface area contributed by atoms with Gasteiger partial charge in [0.1, 0.15) is 0 Å². The van der Waals surface area contributed by atoms with Gasteiger partial charge in [0.15, 0.2) is 0 Å². The fourth-order valence-corrected chi connectivity index (χ4v) is 2.48.